The van der Waals surface area contributed by atoms with E-state index < -0.39 is 5.82 Å². The van der Waals surface area contributed by atoms with Crippen LogP contribution in [0.5, 0.6) is 5.75 Å². The Labute approximate surface area is 117 Å². The third-order valence-electron chi connectivity index (χ3n) is 2.95. The van der Waals surface area contributed by atoms with Crippen molar-refractivity contribution in [3.05, 3.63) is 24.0 Å². The minimum Gasteiger partial charge on any atom is -0.492 e. The molecule has 2 rings (SSSR count). The Kier molecular flexibility index (Phi) is 5.31. The molecular weight excluding hydrogens is 263 g/mol. The first-order valence-corrected chi connectivity index (χ1v) is 6.72. The minimum absolute atomic E-state index is 0.0136. The van der Waals surface area contributed by atoms with Gasteiger partial charge < -0.3 is 20.1 Å². The molecule has 0 bridgehead atoms. The van der Waals surface area contributed by atoms with Gasteiger partial charge in [-0.3, -0.25) is 4.79 Å². The first-order valence-electron chi connectivity index (χ1n) is 6.72. The number of ether oxygens (including phenoxy) is 2. The molecule has 0 saturated carbocycles. The largest absolute Gasteiger partial charge is 0.492 e. The van der Waals surface area contributed by atoms with Crippen molar-refractivity contribution < 1.29 is 18.7 Å². The second-order valence-electron chi connectivity index (χ2n) is 4.55. The van der Waals surface area contributed by atoms with Gasteiger partial charge in [-0.25, -0.2) is 4.39 Å². The lowest BCUT2D eigenvalue weighted by Gasteiger charge is -2.23. The Morgan fingerprint density at radius 2 is 2.45 bits per heavy atom. The highest BCUT2D eigenvalue weighted by Gasteiger charge is 2.18. The van der Waals surface area contributed by atoms with Crippen molar-refractivity contribution in [2.45, 2.75) is 19.4 Å². The lowest BCUT2D eigenvalue weighted by molar-refractivity contribution is -0.117. The van der Waals surface area contributed by atoms with Crippen molar-refractivity contribution in [2.24, 2.45) is 0 Å². The lowest BCUT2D eigenvalue weighted by Crippen LogP contribution is -2.43. The number of halogens is 1. The molecule has 1 unspecified atom stereocenters. The second-order valence-corrected chi connectivity index (χ2v) is 4.55. The van der Waals surface area contributed by atoms with E-state index in [0.717, 1.165) is 6.54 Å². The molecule has 1 aromatic carbocycles. The Hall–Kier alpha value is -1.66. The van der Waals surface area contributed by atoms with Crippen LogP contribution in [-0.4, -0.2) is 38.3 Å². The zero-order valence-electron chi connectivity index (χ0n) is 11.4. The smallest absolute Gasteiger partial charge is 0.226 e. The summed E-state index contributed by atoms with van der Waals surface area (Å²) in [6.07, 6.45) is 0.308. The molecular formula is C14H19FN2O3. The van der Waals surface area contributed by atoms with Crippen LogP contribution in [0.1, 0.15) is 13.3 Å². The van der Waals surface area contributed by atoms with E-state index in [4.69, 9.17) is 9.47 Å². The van der Waals surface area contributed by atoms with Gasteiger partial charge in [0.25, 0.3) is 0 Å². The van der Waals surface area contributed by atoms with Crippen molar-refractivity contribution >= 4 is 11.6 Å². The van der Waals surface area contributed by atoms with Crippen LogP contribution in [0.4, 0.5) is 10.1 Å². The van der Waals surface area contributed by atoms with E-state index in [1.165, 1.54) is 18.2 Å². The molecule has 1 aliphatic heterocycles. The van der Waals surface area contributed by atoms with Gasteiger partial charge in [0.2, 0.25) is 5.91 Å². The number of amides is 1. The van der Waals surface area contributed by atoms with Crippen molar-refractivity contribution in [1.29, 1.82) is 0 Å². The number of hydrogen-bond donors (Lipinski definition) is 2. The summed E-state index contributed by atoms with van der Waals surface area (Å²) in [6.45, 7) is 4.16. The molecule has 1 aromatic rings. The predicted molar refractivity (Wildman–Crippen MR) is 73.4 cm³/mol. The highest BCUT2D eigenvalue weighted by atomic mass is 19.1. The number of carbonyl (C=O) groups is 1. The van der Waals surface area contributed by atoms with E-state index >= 15 is 0 Å². The zero-order chi connectivity index (χ0) is 14.4. The van der Waals surface area contributed by atoms with Gasteiger partial charge in [0.15, 0.2) is 0 Å². The number of anilines is 1. The number of rotatable bonds is 5. The maximum Gasteiger partial charge on any atom is 0.226 e. The number of nitrogens with one attached hydrogen (secondary N) is 2. The highest BCUT2D eigenvalue weighted by molar-refractivity contribution is 5.92. The fourth-order valence-corrected chi connectivity index (χ4v) is 2.05. The van der Waals surface area contributed by atoms with Gasteiger partial charge in [0.05, 0.1) is 25.5 Å². The summed E-state index contributed by atoms with van der Waals surface area (Å²) in [4.78, 5) is 12.0. The third kappa shape index (κ3) is 4.18. The van der Waals surface area contributed by atoms with Crippen molar-refractivity contribution in [3.8, 4) is 5.75 Å². The molecule has 1 aliphatic rings. The molecule has 0 spiro atoms. The van der Waals surface area contributed by atoms with Crippen LogP contribution in [0.3, 0.4) is 0 Å². The quantitative estimate of drug-likeness (QED) is 0.860. The van der Waals surface area contributed by atoms with Gasteiger partial charge in [-0.05, 0) is 19.1 Å². The topological polar surface area (TPSA) is 59.6 Å². The summed E-state index contributed by atoms with van der Waals surface area (Å²) in [5.74, 6) is -0.205. The van der Waals surface area contributed by atoms with Crippen molar-refractivity contribution in [3.63, 3.8) is 0 Å². The predicted octanol–water partition coefficient (Wildman–Crippen LogP) is 1.54. The number of hydrogen-bond acceptors (Lipinski definition) is 4. The van der Waals surface area contributed by atoms with E-state index in [-0.39, 0.29) is 11.9 Å². The summed E-state index contributed by atoms with van der Waals surface area (Å²) in [7, 11) is 0. The van der Waals surface area contributed by atoms with E-state index in [2.05, 4.69) is 10.6 Å². The summed E-state index contributed by atoms with van der Waals surface area (Å²) >= 11 is 0. The molecule has 1 heterocycles. The normalized spacial score (nSPS) is 18.6. The van der Waals surface area contributed by atoms with Crippen LogP contribution in [0.2, 0.25) is 0 Å². The molecule has 1 atom stereocenters. The molecule has 0 radical (unpaired) electrons. The van der Waals surface area contributed by atoms with Crippen molar-refractivity contribution in [1.82, 2.24) is 5.32 Å². The molecule has 2 N–H and O–H groups in total. The van der Waals surface area contributed by atoms with E-state index in [1.807, 2.05) is 0 Å². The van der Waals surface area contributed by atoms with Crippen LogP contribution in [0.25, 0.3) is 0 Å². The van der Waals surface area contributed by atoms with E-state index in [0.29, 0.717) is 37.7 Å². The Bertz CT molecular complexity index is 462. The Morgan fingerprint density at radius 3 is 3.15 bits per heavy atom. The highest BCUT2D eigenvalue weighted by Crippen LogP contribution is 2.25. The van der Waals surface area contributed by atoms with Gasteiger partial charge in [0.1, 0.15) is 11.6 Å². The molecule has 20 heavy (non-hydrogen) atoms. The maximum atomic E-state index is 13.2. The van der Waals surface area contributed by atoms with Crippen molar-refractivity contribution in [2.75, 3.05) is 31.7 Å². The summed E-state index contributed by atoms with van der Waals surface area (Å²) in [5, 5.41) is 5.95. The van der Waals surface area contributed by atoms with Crippen LogP contribution in [0, 0.1) is 5.82 Å². The number of carbonyl (C=O) groups excluding carboxylic acids is 1. The monoisotopic (exact) mass is 282 g/mol. The molecule has 110 valence electrons. The number of morpholine rings is 1. The van der Waals surface area contributed by atoms with Gasteiger partial charge in [-0.15, -0.1) is 0 Å². The first-order chi connectivity index (χ1) is 9.69. The molecule has 0 aliphatic carbocycles. The van der Waals surface area contributed by atoms with Crippen LogP contribution in [0.15, 0.2) is 18.2 Å². The minimum atomic E-state index is -0.395. The maximum absolute atomic E-state index is 13.2. The molecule has 0 aromatic heterocycles. The summed E-state index contributed by atoms with van der Waals surface area (Å²) in [5.41, 5.74) is 0.481. The van der Waals surface area contributed by atoms with E-state index in [1.54, 1.807) is 6.92 Å². The summed E-state index contributed by atoms with van der Waals surface area (Å²) in [6, 6.07) is 4.07. The average molecular weight is 282 g/mol. The van der Waals surface area contributed by atoms with Crippen LogP contribution < -0.4 is 15.4 Å². The zero-order valence-corrected chi connectivity index (χ0v) is 11.4. The van der Waals surface area contributed by atoms with E-state index in [9.17, 15) is 9.18 Å². The number of benzene rings is 1. The molecule has 1 fully saturated rings. The Morgan fingerprint density at radius 1 is 1.60 bits per heavy atom. The van der Waals surface area contributed by atoms with Gasteiger partial charge in [-0.2, -0.15) is 0 Å². The first kappa shape index (κ1) is 14.7. The molecule has 5 nitrogen and oxygen atoms in total. The second kappa shape index (κ2) is 7.21. The fourth-order valence-electron chi connectivity index (χ4n) is 2.05. The van der Waals surface area contributed by atoms with Gasteiger partial charge in [0, 0.05) is 25.1 Å². The molecule has 6 heteroatoms. The van der Waals surface area contributed by atoms with Gasteiger partial charge in [-0.1, -0.05) is 0 Å². The summed E-state index contributed by atoms with van der Waals surface area (Å²) < 4.78 is 23.8. The Balaban J connectivity index is 1.96. The molecule has 1 saturated heterocycles. The third-order valence-corrected chi connectivity index (χ3v) is 2.95. The molecule has 1 amide bonds. The lowest BCUT2D eigenvalue weighted by atomic mass is 10.2. The van der Waals surface area contributed by atoms with Gasteiger partial charge >= 0.3 is 0 Å². The fraction of sp³-hybridized carbons (Fsp3) is 0.500. The standard InChI is InChI=1S/C14H19FN2O3/c1-2-20-13-7-10(15)3-4-12(13)17-14(18)8-11-9-19-6-5-16-11/h3-4,7,11,16H,2,5-6,8-9H2,1H3,(H,17,18). The SMILES string of the molecule is CCOc1cc(F)ccc1NC(=O)CC1COCCN1. The average Bonchev–Trinajstić information content (AvgIpc) is 2.43. The van der Waals surface area contributed by atoms with Crippen LogP contribution in [-0.2, 0) is 9.53 Å². The van der Waals surface area contributed by atoms with Crippen LogP contribution >= 0.6 is 0 Å².